The standard InChI is InChI=1S/C12H20N4OS/c13-11-15-14-10(18-11)8-16-6-5-12(17)4-2-1-3-9(12)7-16/h9,17H,1-8H2,(H2,13,15). The molecule has 6 heteroatoms. The third kappa shape index (κ3) is 2.37. The summed E-state index contributed by atoms with van der Waals surface area (Å²) in [6.45, 7) is 2.75. The molecular formula is C12H20N4OS. The predicted octanol–water partition coefficient (Wildman–Crippen LogP) is 1.25. The van der Waals surface area contributed by atoms with E-state index >= 15 is 0 Å². The molecule has 18 heavy (non-hydrogen) atoms. The SMILES string of the molecule is Nc1nnc(CN2CCC3(O)CCCCC3C2)s1. The molecule has 5 nitrogen and oxygen atoms in total. The van der Waals surface area contributed by atoms with Crippen LogP contribution >= 0.6 is 11.3 Å². The van der Waals surface area contributed by atoms with Crippen LogP contribution in [0.3, 0.4) is 0 Å². The second-order valence-corrected chi connectivity index (χ2v) is 6.66. The highest BCUT2D eigenvalue weighted by Gasteiger charge is 2.42. The van der Waals surface area contributed by atoms with Crippen molar-refractivity contribution >= 4 is 16.5 Å². The van der Waals surface area contributed by atoms with Gasteiger partial charge in [0.05, 0.1) is 12.1 Å². The second-order valence-electron chi connectivity index (χ2n) is 5.57. The van der Waals surface area contributed by atoms with Gasteiger partial charge in [-0.15, -0.1) is 10.2 Å². The lowest BCUT2D eigenvalue weighted by Crippen LogP contribution is -2.52. The van der Waals surface area contributed by atoms with Crippen LogP contribution in [0.15, 0.2) is 0 Å². The molecule has 2 aliphatic rings. The summed E-state index contributed by atoms with van der Waals surface area (Å²) < 4.78 is 0. The van der Waals surface area contributed by atoms with Crippen molar-refractivity contribution in [1.29, 1.82) is 0 Å². The fraction of sp³-hybridized carbons (Fsp3) is 0.833. The van der Waals surface area contributed by atoms with Gasteiger partial charge in [0, 0.05) is 19.0 Å². The van der Waals surface area contributed by atoms with Gasteiger partial charge in [0.15, 0.2) is 0 Å². The maximum atomic E-state index is 10.6. The van der Waals surface area contributed by atoms with E-state index in [1.54, 1.807) is 0 Å². The Balaban J connectivity index is 1.63. The molecule has 1 aliphatic carbocycles. The second kappa shape index (κ2) is 4.75. The predicted molar refractivity (Wildman–Crippen MR) is 71.1 cm³/mol. The molecule has 2 unspecified atom stereocenters. The third-order valence-corrected chi connectivity index (χ3v) is 5.09. The summed E-state index contributed by atoms with van der Waals surface area (Å²) in [5.74, 6) is 0.435. The van der Waals surface area contributed by atoms with Crippen LogP contribution in [-0.4, -0.2) is 38.9 Å². The van der Waals surface area contributed by atoms with Gasteiger partial charge in [0.2, 0.25) is 5.13 Å². The van der Waals surface area contributed by atoms with Crippen LogP contribution in [-0.2, 0) is 6.54 Å². The number of fused-ring (bicyclic) bond motifs is 1. The van der Waals surface area contributed by atoms with Crippen molar-refractivity contribution in [3.05, 3.63) is 5.01 Å². The molecule has 0 aromatic carbocycles. The quantitative estimate of drug-likeness (QED) is 0.844. The fourth-order valence-electron chi connectivity index (χ4n) is 3.31. The van der Waals surface area contributed by atoms with E-state index in [0.29, 0.717) is 11.0 Å². The van der Waals surface area contributed by atoms with E-state index in [0.717, 1.165) is 43.9 Å². The molecule has 2 fully saturated rings. The van der Waals surface area contributed by atoms with Crippen LogP contribution in [0.4, 0.5) is 5.13 Å². The number of anilines is 1. The first kappa shape index (κ1) is 12.3. The first-order valence-corrected chi connectivity index (χ1v) is 7.50. The van der Waals surface area contributed by atoms with Crippen molar-refractivity contribution in [3.63, 3.8) is 0 Å². The summed E-state index contributed by atoms with van der Waals surface area (Å²) in [6.07, 6.45) is 5.47. The normalized spacial score (nSPS) is 33.3. The first-order valence-electron chi connectivity index (χ1n) is 6.68. The van der Waals surface area contributed by atoms with Gasteiger partial charge in [-0.05, 0) is 19.3 Å². The van der Waals surface area contributed by atoms with Crippen LogP contribution in [0.25, 0.3) is 0 Å². The van der Waals surface area contributed by atoms with E-state index in [1.807, 2.05) is 0 Å². The monoisotopic (exact) mass is 268 g/mol. The molecule has 2 heterocycles. The van der Waals surface area contributed by atoms with Crippen LogP contribution in [0.2, 0.25) is 0 Å². The zero-order chi connectivity index (χ0) is 12.6. The van der Waals surface area contributed by atoms with E-state index in [1.165, 1.54) is 24.2 Å². The highest BCUT2D eigenvalue weighted by atomic mass is 32.1. The van der Waals surface area contributed by atoms with Crippen molar-refractivity contribution in [3.8, 4) is 0 Å². The Hall–Kier alpha value is -0.720. The van der Waals surface area contributed by atoms with Gasteiger partial charge in [-0.25, -0.2) is 0 Å². The number of piperidine rings is 1. The minimum atomic E-state index is -0.394. The summed E-state index contributed by atoms with van der Waals surface area (Å²) in [4.78, 5) is 2.38. The Labute approximate surface area is 111 Å². The van der Waals surface area contributed by atoms with Gasteiger partial charge >= 0.3 is 0 Å². The number of hydrogen-bond donors (Lipinski definition) is 2. The molecule has 100 valence electrons. The van der Waals surface area contributed by atoms with E-state index in [-0.39, 0.29) is 0 Å². The van der Waals surface area contributed by atoms with Crippen molar-refractivity contribution in [2.75, 3.05) is 18.8 Å². The van der Waals surface area contributed by atoms with Gasteiger partial charge in [-0.3, -0.25) is 4.90 Å². The molecule has 1 aliphatic heterocycles. The molecule has 1 saturated carbocycles. The lowest BCUT2D eigenvalue weighted by molar-refractivity contribution is -0.0968. The molecule has 0 bridgehead atoms. The van der Waals surface area contributed by atoms with Gasteiger partial charge in [-0.1, -0.05) is 24.2 Å². The van der Waals surface area contributed by atoms with Gasteiger partial charge in [0.1, 0.15) is 5.01 Å². The molecule has 0 radical (unpaired) electrons. The number of hydrogen-bond acceptors (Lipinski definition) is 6. The first-order chi connectivity index (χ1) is 8.66. The third-order valence-electron chi connectivity index (χ3n) is 4.35. The lowest BCUT2D eigenvalue weighted by Gasteiger charge is -2.47. The largest absolute Gasteiger partial charge is 0.390 e. The smallest absolute Gasteiger partial charge is 0.203 e. The van der Waals surface area contributed by atoms with Crippen LogP contribution in [0.5, 0.6) is 0 Å². The molecule has 1 aromatic rings. The molecule has 0 spiro atoms. The highest BCUT2D eigenvalue weighted by Crippen LogP contribution is 2.40. The zero-order valence-electron chi connectivity index (χ0n) is 10.5. The number of likely N-dealkylation sites (tertiary alicyclic amines) is 1. The zero-order valence-corrected chi connectivity index (χ0v) is 11.3. The Bertz CT molecular complexity index is 424. The lowest BCUT2D eigenvalue weighted by atomic mass is 9.71. The molecular weight excluding hydrogens is 248 g/mol. The maximum Gasteiger partial charge on any atom is 0.203 e. The minimum absolute atomic E-state index is 0.394. The Morgan fingerprint density at radius 1 is 1.39 bits per heavy atom. The summed E-state index contributed by atoms with van der Waals surface area (Å²) >= 11 is 1.46. The molecule has 2 atom stereocenters. The van der Waals surface area contributed by atoms with Crippen molar-refractivity contribution in [2.24, 2.45) is 5.92 Å². The molecule has 0 amide bonds. The van der Waals surface area contributed by atoms with Crippen molar-refractivity contribution in [1.82, 2.24) is 15.1 Å². The summed E-state index contributed by atoms with van der Waals surface area (Å²) in [6, 6.07) is 0. The van der Waals surface area contributed by atoms with Crippen LogP contribution < -0.4 is 5.73 Å². The Morgan fingerprint density at radius 2 is 2.28 bits per heavy atom. The fourth-order valence-corrected chi connectivity index (χ4v) is 3.96. The molecule has 3 rings (SSSR count). The summed E-state index contributed by atoms with van der Waals surface area (Å²) in [5, 5.41) is 20.0. The topological polar surface area (TPSA) is 75.3 Å². The number of nitrogens with two attached hydrogens (primary N) is 1. The average Bonchev–Trinajstić information content (AvgIpc) is 2.75. The van der Waals surface area contributed by atoms with E-state index in [4.69, 9.17) is 5.73 Å². The molecule has 1 aromatic heterocycles. The summed E-state index contributed by atoms with van der Waals surface area (Å²) in [5.41, 5.74) is 5.20. The Morgan fingerprint density at radius 3 is 3.06 bits per heavy atom. The molecule has 1 saturated heterocycles. The maximum absolute atomic E-state index is 10.6. The number of aliphatic hydroxyl groups is 1. The molecule has 3 N–H and O–H groups in total. The average molecular weight is 268 g/mol. The van der Waals surface area contributed by atoms with Gasteiger partial charge in [-0.2, -0.15) is 0 Å². The highest BCUT2D eigenvalue weighted by molar-refractivity contribution is 7.15. The van der Waals surface area contributed by atoms with Gasteiger partial charge < -0.3 is 10.8 Å². The van der Waals surface area contributed by atoms with Gasteiger partial charge in [0.25, 0.3) is 0 Å². The summed E-state index contributed by atoms with van der Waals surface area (Å²) in [7, 11) is 0. The van der Waals surface area contributed by atoms with E-state index in [9.17, 15) is 5.11 Å². The van der Waals surface area contributed by atoms with Crippen LogP contribution in [0, 0.1) is 5.92 Å². The van der Waals surface area contributed by atoms with Crippen molar-refractivity contribution in [2.45, 2.75) is 44.2 Å². The number of aromatic nitrogens is 2. The van der Waals surface area contributed by atoms with Crippen LogP contribution in [0.1, 0.15) is 37.1 Å². The number of nitrogens with zero attached hydrogens (tertiary/aromatic N) is 3. The van der Waals surface area contributed by atoms with E-state index < -0.39 is 5.60 Å². The minimum Gasteiger partial charge on any atom is -0.390 e. The Kier molecular flexibility index (Phi) is 3.25. The number of rotatable bonds is 2. The van der Waals surface area contributed by atoms with E-state index in [2.05, 4.69) is 15.1 Å². The van der Waals surface area contributed by atoms with Crippen molar-refractivity contribution < 1.29 is 5.11 Å². The number of nitrogen functional groups attached to an aromatic ring is 1.